The third-order valence-corrected chi connectivity index (χ3v) is 4.90. The molecule has 0 fully saturated rings. The van der Waals surface area contributed by atoms with Crippen molar-refractivity contribution in [2.24, 2.45) is 0 Å². The maximum absolute atomic E-state index is 12.2. The number of hydrogen-bond acceptors (Lipinski definition) is 4. The molecule has 0 saturated carbocycles. The van der Waals surface area contributed by atoms with Gasteiger partial charge in [-0.05, 0) is 54.9 Å². The van der Waals surface area contributed by atoms with Gasteiger partial charge in [-0.25, -0.2) is 4.98 Å². The van der Waals surface area contributed by atoms with Gasteiger partial charge in [0.1, 0.15) is 11.4 Å². The number of rotatable bonds is 8. The van der Waals surface area contributed by atoms with Gasteiger partial charge in [-0.1, -0.05) is 32.9 Å². The summed E-state index contributed by atoms with van der Waals surface area (Å²) >= 11 is 0. The number of nitrogens with one attached hydrogen (secondary N) is 2. The van der Waals surface area contributed by atoms with E-state index in [0.29, 0.717) is 29.8 Å². The van der Waals surface area contributed by atoms with E-state index in [-0.39, 0.29) is 11.8 Å². The van der Waals surface area contributed by atoms with Crippen molar-refractivity contribution < 1.29 is 9.59 Å². The summed E-state index contributed by atoms with van der Waals surface area (Å²) in [5.74, 6) is 0.372. The molecule has 2 N–H and O–H groups in total. The van der Waals surface area contributed by atoms with Crippen LogP contribution in [0.15, 0.2) is 30.5 Å². The van der Waals surface area contributed by atoms with Crippen LogP contribution in [-0.2, 0) is 0 Å². The smallest absolute Gasteiger partial charge is 0.269 e. The number of carbonyl (C=O) groups excluding carboxylic acids is 2. The molecule has 1 unspecified atom stereocenters. The summed E-state index contributed by atoms with van der Waals surface area (Å²) in [5.41, 5.74) is 4.00. The molecule has 2 amide bonds. The first kappa shape index (κ1) is 21.5. The van der Waals surface area contributed by atoms with E-state index >= 15 is 0 Å². The molecular weight excluding hydrogens is 352 g/mol. The van der Waals surface area contributed by atoms with Gasteiger partial charge in [-0.3, -0.25) is 14.6 Å². The summed E-state index contributed by atoms with van der Waals surface area (Å²) in [7, 11) is 1.60. The third kappa shape index (κ3) is 5.62. The molecule has 28 heavy (non-hydrogen) atoms. The molecule has 0 bridgehead atoms. The molecule has 0 spiro atoms. The zero-order valence-electron chi connectivity index (χ0n) is 17.4. The van der Waals surface area contributed by atoms with Gasteiger partial charge in [0.05, 0.1) is 0 Å². The average molecular weight is 383 g/mol. The van der Waals surface area contributed by atoms with Gasteiger partial charge < -0.3 is 10.6 Å². The topological polar surface area (TPSA) is 84.0 Å². The predicted octanol–water partition coefficient (Wildman–Crippen LogP) is 3.58. The first-order chi connectivity index (χ1) is 13.3. The molecular formula is C22H30N4O2. The van der Waals surface area contributed by atoms with Gasteiger partial charge in [0, 0.05) is 25.5 Å². The van der Waals surface area contributed by atoms with Crippen molar-refractivity contribution in [3.8, 4) is 0 Å². The molecule has 2 aromatic heterocycles. The van der Waals surface area contributed by atoms with Crippen molar-refractivity contribution in [2.75, 3.05) is 13.6 Å². The number of carbonyl (C=O) groups is 2. The van der Waals surface area contributed by atoms with Crippen molar-refractivity contribution in [1.82, 2.24) is 20.6 Å². The fourth-order valence-corrected chi connectivity index (χ4v) is 3.08. The molecule has 0 radical (unpaired) electrons. The molecule has 150 valence electrons. The molecule has 6 nitrogen and oxygen atoms in total. The Morgan fingerprint density at radius 1 is 1.04 bits per heavy atom. The highest BCUT2D eigenvalue weighted by molar-refractivity contribution is 5.92. The SMILES string of the molecule is CNC(=O)c1ccc(C(C)CCCNC(=O)c2ccc(C(C)C)cn2)c(C)n1. The lowest BCUT2D eigenvalue weighted by atomic mass is 9.94. The zero-order valence-corrected chi connectivity index (χ0v) is 17.4. The second-order valence-corrected chi connectivity index (χ2v) is 7.38. The van der Waals surface area contributed by atoms with Gasteiger partial charge in [-0.2, -0.15) is 0 Å². The van der Waals surface area contributed by atoms with E-state index in [2.05, 4.69) is 41.4 Å². The predicted molar refractivity (Wildman–Crippen MR) is 111 cm³/mol. The van der Waals surface area contributed by atoms with Crippen molar-refractivity contribution >= 4 is 11.8 Å². The quantitative estimate of drug-likeness (QED) is 0.684. The van der Waals surface area contributed by atoms with Crippen molar-refractivity contribution in [3.63, 3.8) is 0 Å². The first-order valence-corrected chi connectivity index (χ1v) is 9.77. The Kier molecular flexibility index (Phi) is 7.67. The van der Waals surface area contributed by atoms with Crippen LogP contribution in [0.5, 0.6) is 0 Å². The molecule has 2 heterocycles. The summed E-state index contributed by atoms with van der Waals surface area (Å²) in [4.78, 5) is 32.5. The van der Waals surface area contributed by atoms with Crippen LogP contribution in [0.2, 0.25) is 0 Å². The van der Waals surface area contributed by atoms with Crippen LogP contribution < -0.4 is 10.6 Å². The Hall–Kier alpha value is -2.76. The molecule has 2 rings (SSSR count). The van der Waals surface area contributed by atoms with Crippen LogP contribution in [-0.4, -0.2) is 35.4 Å². The molecule has 0 aliphatic rings. The minimum atomic E-state index is -0.181. The third-order valence-electron chi connectivity index (χ3n) is 4.90. The van der Waals surface area contributed by atoms with E-state index in [4.69, 9.17) is 0 Å². The molecule has 2 aromatic rings. The molecule has 0 aliphatic carbocycles. The molecule has 0 aliphatic heterocycles. The largest absolute Gasteiger partial charge is 0.354 e. The Labute approximate surface area is 167 Å². The van der Waals surface area contributed by atoms with Crippen molar-refractivity contribution in [2.45, 2.75) is 52.4 Å². The van der Waals surface area contributed by atoms with E-state index in [1.807, 2.05) is 19.1 Å². The highest BCUT2D eigenvalue weighted by Gasteiger charge is 2.13. The van der Waals surface area contributed by atoms with Crippen LogP contribution >= 0.6 is 0 Å². The van der Waals surface area contributed by atoms with E-state index in [1.54, 1.807) is 25.4 Å². The van der Waals surface area contributed by atoms with Crippen molar-refractivity contribution in [3.05, 3.63) is 58.7 Å². The number of hydrogen-bond donors (Lipinski definition) is 2. The van der Waals surface area contributed by atoms with E-state index < -0.39 is 0 Å². The standard InChI is InChI=1S/C22H30N4O2/c1-14(2)17-8-10-19(25-13-17)22(28)24-12-6-7-15(3)18-9-11-20(21(27)23-5)26-16(18)4/h8-11,13-15H,6-7,12H2,1-5H3,(H,23,27)(H,24,28). The molecule has 0 aromatic carbocycles. The summed E-state index contributed by atoms with van der Waals surface area (Å²) in [6.45, 7) is 8.85. The fourth-order valence-electron chi connectivity index (χ4n) is 3.08. The van der Waals surface area contributed by atoms with Crippen molar-refractivity contribution in [1.29, 1.82) is 0 Å². The van der Waals surface area contributed by atoms with E-state index in [0.717, 1.165) is 29.7 Å². The van der Waals surface area contributed by atoms with Gasteiger partial charge in [0.25, 0.3) is 11.8 Å². The number of amides is 2. The normalized spacial score (nSPS) is 11.9. The highest BCUT2D eigenvalue weighted by Crippen LogP contribution is 2.23. The van der Waals surface area contributed by atoms with Crippen LogP contribution in [0.25, 0.3) is 0 Å². The number of aryl methyl sites for hydroxylation is 1. The number of pyridine rings is 2. The number of aromatic nitrogens is 2. The summed E-state index contributed by atoms with van der Waals surface area (Å²) in [5, 5.41) is 5.52. The van der Waals surface area contributed by atoms with Crippen LogP contribution in [0.4, 0.5) is 0 Å². The Morgan fingerprint density at radius 3 is 2.32 bits per heavy atom. The second kappa shape index (κ2) is 9.97. The summed E-state index contributed by atoms with van der Waals surface area (Å²) in [6.07, 6.45) is 3.54. The lowest BCUT2D eigenvalue weighted by Gasteiger charge is -2.15. The molecule has 0 saturated heterocycles. The number of nitrogens with zero attached hydrogens (tertiary/aromatic N) is 2. The highest BCUT2D eigenvalue weighted by atomic mass is 16.2. The lowest BCUT2D eigenvalue weighted by molar-refractivity contribution is 0.0943. The summed E-state index contributed by atoms with van der Waals surface area (Å²) < 4.78 is 0. The average Bonchev–Trinajstić information content (AvgIpc) is 2.70. The van der Waals surface area contributed by atoms with Gasteiger partial charge in [0.15, 0.2) is 0 Å². The monoisotopic (exact) mass is 382 g/mol. The minimum absolute atomic E-state index is 0.143. The van der Waals surface area contributed by atoms with Crippen LogP contribution in [0.3, 0.4) is 0 Å². The van der Waals surface area contributed by atoms with E-state index in [9.17, 15) is 9.59 Å². The van der Waals surface area contributed by atoms with Gasteiger partial charge >= 0.3 is 0 Å². The Balaban J connectivity index is 1.82. The van der Waals surface area contributed by atoms with Crippen LogP contribution in [0.1, 0.15) is 83.2 Å². The maximum Gasteiger partial charge on any atom is 0.269 e. The maximum atomic E-state index is 12.2. The zero-order chi connectivity index (χ0) is 20.7. The van der Waals surface area contributed by atoms with Gasteiger partial charge in [-0.15, -0.1) is 0 Å². The lowest BCUT2D eigenvalue weighted by Crippen LogP contribution is -2.25. The van der Waals surface area contributed by atoms with Gasteiger partial charge in [0.2, 0.25) is 0 Å². The van der Waals surface area contributed by atoms with E-state index in [1.165, 1.54) is 0 Å². The molecule has 1 atom stereocenters. The summed E-state index contributed by atoms with van der Waals surface area (Å²) in [6, 6.07) is 7.45. The Morgan fingerprint density at radius 2 is 1.75 bits per heavy atom. The Bertz CT molecular complexity index is 816. The first-order valence-electron chi connectivity index (χ1n) is 9.77. The fraction of sp³-hybridized carbons (Fsp3) is 0.455. The minimum Gasteiger partial charge on any atom is -0.354 e. The van der Waals surface area contributed by atoms with Crippen LogP contribution in [0, 0.1) is 6.92 Å². The second-order valence-electron chi connectivity index (χ2n) is 7.38. The molecule has 6 heteroatoms.